The van der Waals surface area contributed by atoms with Crippen LogP contribution in [0.15, 0.2) is 18.2 Å². The zero-order chi connectivity index (χ0) is 15.4. The van der Waals surface area contributed by atoms with E-state index in [1.165, 1.54) is 12.1 Å². The van der Waals surface area contributed by atoms with E-state index in [1.54, 1.807) is 13.0 Å². The third-order valence-electron chi connectivity index (χ3n) is 2.84. The molecule has 1 aromatic carbocycles. The Balaban J connectivity index is 1.89. The first-order chi connectivity index (χ1) is 9.95. The van der Waals surface area contributed by atoms with Gasteiger partial charge in [0, 0.05) is 12.1 Å². The second kappa shape index (κ2) is 6.21. The average Bonchev–Trinajstić information content (AvgIpc) is 3.19. The van der Waals surface area contributed by atoms with Crippen LogP contribution in [0.3, 0.4) is 0 Å². The Morgan fingerprint density at radius 1 is 1.43 bits per heavy atom. The highest BCUT2D eigenvalue weighted by molar-refractivity contribution is 5.95. The predicted octanol–water partition coefficient (Wildman–Crippen LogP) is 1.27. The van der Waals surface area contributed by atoms with Crippen LogP contribution in [0.1, 0.15) is 18.4 Å². The van der Waals surface area contributed by atoms with E-state index in [0.29, 0.717) is 0 Å². The molecule has 0 saturated heterocycles. The van der Waals surface area contributed by atoms with Crippen molar-refractivity contribution in [2.45, 2.75) is 25.8 Å². The summed E-state index contributed by atoms with van der Waals surface area (Å²) < 4.78 is 5.13. The summed E-state index contributed by atoms with van der Waals surface area (Å²) in [6, 6.07) is 3.91. The Hall–Kier alpha value is -2.64. The van der Waals surface area contributed by atoms with Crippen molar-refractivity contribution in [3.8, 4) is 5.75 Å². The van der Waals surface area contributed by atoms with Crippen molar-refractivity contribution >= 4 is 17.6 Å². The second-order valence-corrected chi connectivity index (χ2v) is 4.81. The number of nitrogens with one attached hydrogen (secondary N) is 2. The number of nitro groups is 1. The molecule has 2 N–H and O–H groups in total. The number of aryl methyl sites for hydroxylation is 1. The molecule has 3 amide bonds. The quantitative estimate of drug-likeness (QED) is 0.627. The summed E-state index contributed by atoms with van der Waals surface area (Å²) >= 11 is 0. The topological polar surface area (TPSA) is 111 Å². The van der Waals surface area contributed by atoms with Gasteiger partial charge in [0.2, 0.25) is 0 Å². The zero-order valence-corrected chi connectivity index (χ0v) is 11.4. The molecule has 0 unspecified atom stereocenters. The number of benzene rings is 1. The standard InChI is InChI=1S/C13H15N3O5/c1-8-2-5-10(16(19)20)11(6-8)21-7-12(17)15-13(18)14-9-3-4-9/h2,5-6,9H,3-4,7H2,1H3,(H2,14,15,17,18). The van der Waals surface area contributed by atoms with Crippen LogP contribution in [-0.4, -0.2) is 29.5 Å². The van der Waals surface area contributed by atoms with E-state index >= 15 is 0 Å². The summed E-state index contributed by atoms with van der Waals surface area (Å²) in [4.78, 5) is 33.1. The van der Waals surface area contributed by atoms with Crippen LogP contribution in [0.4, 0.5) is 10.5 Å². The van der Waals surface area contributed by atoms with Gasteiger partial charge in [0.15, 0.2) is 12.4 Å². The maximum absolute atomic E-state index is 11.5. The Morgan fingerprint density at radius 2 is 2.14 bits per heavy atom. The minimum Gasteiger partial charge on any atom is -0.477 e. The molecule has 8 heteroatoms. The third-order valence-corrected chi connectivity index (χ3v) is 2.84. The Morgan fingerprint density at radius 3 is 2.76 bits per heavy atom. The van der Waals surface area contributed by atoms with E-state index in [9.17, 15) is 19.7 Å². The number of ether oxygens (including phenoxy) is 1. The van der Waals surface area contributed by atoms with Crippen LogP contribution < -0.4 is 15.4 Å². The Bertz CT molecular complexity index is 583. The molecule has 1 aliphatic rings. The maximum Gasteiger partial charge on any atom is 0.321 e. The lowest BCUT2D eigenvalue weighted by Crippen LogP contribution is -2.42. The van der Waals surface area contributed by atoms with Crippen molar-refractivity contribution in [2.24, 2.45) is 0 Å². The number of hydrogen-bond donors (Lipinski definition) is 2. The first kappa shape index (κ1) is 14.8. The average molecular weight is 293 g/mol. The van der Waals surface area contributed by atoms with Gasteiger partial charge in [0.25, 0.3) is 5.91 Å². The van der Waals surface area contributed by atoms with E-state index in [-0.39, 0.29) is 17.5 Å². The molecule has 1 fully saturated rings. The molecule has 1 aliphatic carbocycles. The number of imide groups is 1. The van der Waals surface area contributed by atoms with Gasteiger partial charge in [-0.05, 0) is 31.4 Å². The van der Waals surface area contributed by atoms with Crippen LogP contribution in [0.5, 0.6) is 5.75 Å². The highest BCUT2D eigenvalue weighted by Gasteiger charge is 2.24. The van der Waals surface area contributed by atoms with Crippen LogP contribution in [0, 0.1) is 17.0 Å². The lowest BCUT2D eigenvalue weighted by molar-refractivity contribution is -0.385. The molecule has 8 nitrogen and oxygen atoms in total. The number of amides is 3. The molecule has 1 saturated carbocycles. The highest BCUT2D eigenvalue weighted by atomic mass is 16.6. The molecule has 0 heterocycles. The van der Waals surface area contributed by atoms with E-state index in [2.05, 4.69) is 10.6 Å². The molecule has 1 aromatic rings. The summed E-state index contributed by atoms with van der Waals surface area (Å²) in [5, 5.41) is 15.5. The van der Waals surface area contributed by atoms with Gasteiger partial charge < -0.3 is 10.1 Å². The second-order valence-electron chi connectivity index (χ2n) is 4.81. The number of carbonyl (C=O) groups excluding carboxylic acids is 2. The lowest BCUT2D eigenvalue weighted by Gasteiger charge is -2.08. The molecule has 112 valence electrons. The lowest BCUT2D eigenvalue weighted by atomic mass is 10.2. The normalized spacial score (nSPS) is 13.4. The van der Waals surface area contributed by atoms with Crippen molar-refractivity contribution in [3.05, 3.63) is 33.9 Å². The molecular weight excluding hydrogens is 278 g/mol. The van der Waals surface area contributed by atoms with E-state index in [4.69, 9.17) is 4.74 Å². The first-order valence-corrected chi connectivity index (χ1v) is 6.44. The fourth-order valence-corrected chi connectivity index (χ4v) is 1.64. The molecule has 0 radical (unpaired) electrons. The molecule has 0 atom stereocenters. The highest BCUT2D eigenvalue weighted by Crippen LogP contribution is 2.27. The fraction of sp³-hybridized carbons (Fsp3) is 0.385. The monoisotopic (exact) mass is 293 g/mol. The van der Waals surface area contributed by atoms with Gasteiger partial charge in [-0.1, -0.05) is 6.07 Å². The molecule has 0 bridgehead atoms. The predicted molar refractivity (Wildman–Crippen MR) is 73.0 cm³/mol. The van der Waals surface area contributed by atoms with Crippen molar-refractivity contribution in [2.75, 3.05) is 6.61 Å². The molecule has 21 heavy (non-hydrogen) atoms. The molecule has 0 spiro atoms. The van der Waals surface area contributed by atoms with Gasteiger partial charge >= 0.3 is 11.7 Å². The van der Waals surface area contributed by atoms with Crippen LogP contribution in [0.2, 0.25) is 0 Å². The van der Waals surface area contributed by atoms with Gasteiger partial charge in [0.1, 0.15) is 0 Å². The van der Waals surface area contributed by atoms with E-state index in [0.717, 1.165) is 18.4 Å². The summed E-state index contributed by atoms with van der Waals surface area (Å²) in [5.41, 5.74) is 0.540. The van der Waals surface area contributed by atoms with Crippen LogP contribution in [0.25, 0.3) is 0 Å². The fourth-order valence-electron chi connectivity index (χ4n) is 1.64. The summed E-state index contributed by atoms with van der Waals surface area (Å²) in [5.74, 6) is -0.665. The van der Waals surface area contributed by atoms with Crippen molar-refractivity contribution in [1.29, 1.82) is 0 Å². The molecule has 2 rings (SSSR count). The van der Waals surface area contributed by atoms with E-state index < -0.39 is 23.5 Å². The Kier molecular flexibility index (Phi) is 4.36. The first-order valence-electron chi connectivity index (χ1n) is 6.44. The summed E-state index contributed by atoms with van der Waals surface area (Å²) in [7, 11) is 0. The SMILES string of the molecule is Cc1ccc([N+](=O)[O-])c(OCC(=O)NC(=O)NC2CC2)c1. The minimum absolute atomic E-state index is 0.00208. The number of carbonyl (C=O) groups is 2. The Labute approximate surface area is 120 Å². The molecule has 0 aromatic heterocycles. The number of urea groups is 1. The van der Waals surface area contributed by atoms with Gasteiger partial charge in [0.05, 0.1) is 4.92 Å². The number of hydrogen-bond acceptors (Lipinski definition) is 5. The van der Waals surface area contributed by atoms with Crippen LogP contribution >= 0.6 is 0 Å². The number of nitrogens with zero attached hydrogens (tertiary/aromatic N) is 1. The van der Waals surface area contributed by atoms with Crippen LogP contribution in [-0.2, 0) is 4.79 Å². The number of rotatable bonds is 5. The van der Waals surface area contributed by atoms with Gasteiger partial charge in [-0.2, -0.15) is 0 Å². The van der Waals surface area contributed by atoms with Crippen molar-refractivity contribution in [3.63, 3.8) is 0 Å². The van der Waals surface area contributed by atoms with Gasteiger partial charge in [-0.25, -0.2) is 4.79 Å². The zero-order valence-electron chi connectivity index (χ0n) is 11.4. The summed E-state index contributed by atoms with van der Waals surface area (Å²) in [6.07, 6.45) is 1.82. The van der Waals surface area contributed by atoms with Gasteiger partial charge in [-0.15, -0.1) is 0 Å². The van der Waals surface area contributed by atoms with Crippen molar-refractivity contribution in [1.82, 2.24) is 10.6 Å². The number of nitro benzene ring substituents is 1. The maximum atomic E-state index is 11.5. The third kappa shape index (κ3) is 4.44. The van der Waals surface area contributed by atoms with E-state index in [1.807, 2.05) is 0 Å². The smallest absolute Gasteiger partial charge is 0.321 e. The van der Waals surface area contributed by atoms with Gasteiger partial charge in [-0.3, -0.25) is 20.2 Å². The largest absolute Gasteiger partial charge is 0.477 e. The minimum atomic E-state index is -0.663. The molecule has 0 aliphatic heterocycles. The summed E-state index contributed by atoms with van der Waals surface area (Å²) in [6.45, 7) is 1.28. The molecular formula is C13H15N3O5. The van der Waals surface area contributed by atoms with Crippen molar-refractivity contribution < 1.29 is 19.2 Å².